The molecule has 11 heteroatoms. The number of anilines is 3. The lowest BCUT2D eigenvalue weighted by Gasteiger charge is -2.47. The van der Waals surface area contributed by atoms with E-state index in [0.29, 0.717) is 30.8 Å². The standard InChI is InChI=1S/C41H40N6O5/c1-42-32(48)22-41(40-20-21-46(38(51)52-3)37(40)47(24-25-12-5-4-6-13-25)31-19-10-8-15-27(31)40)29-17-11-16-28(34(29)44-36(41)50)39-23-33(49)45(2)35(39)43-30-18-9-7-14-26(30)39/h4-19,35,37,43H,20-24H2,1-3H3,(H,42,48)(H,44,50)/t35-,37+,39-,40+,41-/m1/s1. The number of carbonyl (C=O) groups is 4. The molecule has 0 bridgehead atoms. The summed E-state index contributed by atoms with van der Waals surface area (Å²) < 4.78 is 5.40. The van der Waals surface area contributed by atoms with Gasteiger partial charge in [0.25, 0.3) is 0 Å². The molecule has 0 unspecified atom stereocenters. The number of ether oxygens (including phenoxy) is 1. The number of likely N-dealkylation sites (N-methyl/N-ethyl adjacent to an activating group) is 1. The number of para-hydroxylation sites is 3. The third-order valence-corrected chi connectivity index (χ3v) is 12.6. The lowest BCUT2D eigenvalue weighted by atomic mass is 9.54. The molecule has 52 heavy (non-hydrogen) atoms. The number of benzene rings is 4. The normalized spacial score (nSPS) is 27.7. The summed E-state index contributed by atoms with van der Waals surface area (Å²) in [5.41, 5.74) is 3.55. The molecule has 4 amide bonds. The summed E-state index contributed by atoms with van der Waals surface area (Å²) in [7, 11) is 4.77. The fourth-order valence-corrected chi connectivity index (χ4v) is 10.5. The van der Waals surface area contributed by atoms with Gasteiger partial charge in [0.05, 0.1) is 23.4 Å². The Hall–Kier alpha value is -5.84. The van der Waals surface area contributed by atoms with E-state index in [1.54, 1.807) is 16.8 Å². The second-order valence-electron chi connectivity index (χ2n) is 14.6. The number of likely N-dealkylation sites (tertiary alicyclic amines) is 2. The fourth-order valence-electron chi connectivity index (χ4n) is 10.5. The van der Waals surface area contributed by atoms with Gasteiger partial charge in [-0.05, 0) is 46.4 Å². The number of nitrogens with zero attached hydrogens (tertiary/aromatic N) is 3. The third kappa shape index (κ3) is 3.90. The van der Waals surface area contributed by atoms with Crippen molar-refractivity contribution in [1.29, 1.82) is 0 Å². The summed E-state index contributed by atoms with van der Waals surface area (Å²) in [6.07, 6.45) is -1.08. The molecule has 9 rings (SSSR count). The van der Waals surface area contributed by atoms with Gasteiger partial charge in [0.2, 0.25) is 17.7 Å². The van der Waals surface area contributed by atoms with Gasteiger partial charge in [-0.1, -0.05) is 84.9 Å². The van der Waals surface area contributed by atoms with E-state index in [-0.39, 0.29) is 36.7 Å². The molecule has 0 aliphatic carbocycles. The molecule has 2 saturated heterocycles. The van der Waals surface area contributed by atoms with Crippen molar-refractivity contribution in [3.63, 3.8) is 0 Å². The van der Waals surface area contributed by atoms with Gasteiger partial charge in [0.1, 0.15) is 12.3 Å². The van der Waals surface area contributed by atoms with Crippen LogP contribution in [0.5, 0.6) is 0 Å². The number of hydrogen-bond acceptors (Lipinski definition) is 7. The monoisotopic (exact) mass is 696 g/mol. The zero-order valence-electron chi connectivity index (χ0n) is 29.3. The van der Waals surface area contributed by atoms with Crippen LogP contribution in [0.25, 0.3) is 0 Å². The minimum absolute atomic E-state index is 0.00463. The molecule has 4 aromatic rings. The predicted molar refractivity (Wildman–Crippen MR) is 196 cm³/mol. The molecule has 264 valence electrons. The van der Waals surface area contributed by atoms with Crippen molar-refractivity contribution in [2.24, 2.45) is 0 Å². The first-order valence-electron chi connectivity index (χ1n) is 17.8. The number of amides is 4. The molecular formula is C41H40N6O5. The molecule has 5 atom stereocenters. The van der Waals surface area contributed by atoms with Crippen LogP contribution in [-0.2, 0) is 41.9 Å². The Morgan fingerprint density at radius 1 is 0.885 bits per heavy atom. The first kappa shape index (κ1) is 32.1. The second kappa shape index (κ2) is 11.3. The molecule has 5 heterocycles. The highest BCUT2D eigenvalue weighted by molar-refractivity contribution is 6.12. The summed E-state index contributed by atoms with van der Waals surface area (Å²) in [5.74, 6) is -0.608. The SMILES string of the molecule is CNC(=O)C[C@]1([C@]23CCN(C(=O)OC)[C@H]2N(Cc2ccccc2)c2ccccc23)C(=O)Nc2c([C@]34CC(=O)N(C)[C@H]3Nc3ccccc34)cccc21. The van der Waals surface area contributed by atoms with Crippen molar-refractivity contribution in [3.8, 4) is 0 Å². The van der Waals surface area contributed by atoms with Gasteiger partial charge in [-0.15, -0.1) is 0 Å². The highest BCUT2D eigenvalue weighted by atomic mass is 16.5. The van der Waals surface area contributed by atoms with Gasteiger partial charge in [0.15, 0.2) is 0 Å². The zero-order chi connectivity index (χ0) is 36.0. The molecule has 5 aliphatic heterocycles. The van der Waals surface area contributed by atoms with Crippen LogP contribution in [0.15, 0.2) is 97.1 Å². The Kier molecular flexibility index (Phi) is 6.99. The highest BCUT2D eigenvalue weighted by Crippen LogP contribution is 2.66. The summed E-state index contributed by atoms with van der Waals surface area (Å²) in [6, 6.07) is 32.0. The first-order chi connectivity index (χ1) is 25.2. The predicted octanol–water partition coefficient (Wildman–Crippen LogP) is 4.67. The van der Waals surface area contributed by atoms with E-state index in [1.165, 1.54) is 7.11 Å². The largest absolute Gasteiger partial charge is 0.453 e. The van der Waals surface area contributed by atoms with Crippen LogP contribution >= 0.6 is 0 Å². The van der Waals surface area contributed by atoms with Crippen molar-refractivity contribution in [3.05, 3.63) is 125 Å². The van der Waals surface area contributed by atoms with E-state index >= 15 is 4.79 Å². The molecule has 3 N–H and O–H groups in total. The van der Waals surface area contributed by atoms with Crippen LogP contribution in [0.2, 0.25) is 0 Å². The Labute approximate surface area is 301 Å². The number of fused-ring (bicyclic) bond motifs is 7. The van der Waals surface area contributed by atoms with E-state index in [9.17, 15) is 14.4 Å². The number of nitrogens with one attached hydrogen (secondary N) is 3. The second-order valence-corrected chi connectivity index (χ2v) is 14.6. The summed E-state index contributed by atoms with van der Waals surface area (Å²) in [5, 5.41) is 9.76. The van der Waals surface area contributed by atoms with E-state index in [0.717, 1.165) is 33.6 Å². The maximum atomic E-state index is 15.4. The number of methoxy groups -OCH3 is 1. The average molecular weight is 697 g/mol. The maximum Gasteiger partial charge on any atom is 0.411 e. The van der Waals surface area contributed by atoms with E-state index in [2.05, 4.69) is 26.9 Å². The Balaban J connectivity index is 1.32. The van der Waals surface area contributed by atoms with Crippen molar-refractivity contribution >= 4 is 40.9 Å². The van der Waals surface area contributed by atoms with Gasteiger partial charge in [-0.2, -0.15) is 0 Å². The van der Waals surface area contributed by atoms with Crippen molar-refractivity contribution in [1.82, 2.24) is 15.1 Å². The van der Waals surface area contributed by atoms with Crippen molar-refractivity contribution in [2.45, 2.75) is 54.4 Å². The Bertz CT molecular complexity index is 2180. The molecule has 0 aromatic heterocycles. The lowest BCUT2D eigenvalue weighted by molar-refractivity contribution is -0.131. The number of rotatable bonds is 6. The van der Waals surface area contributed by atoms with Crippen molar-refractivity contribution < 1.29 is 23.9 Å². The van der Waals surface area contributed by atoms with E-state index < -0.39 is 28.5 Å². The van der Waals surface area contributed by atoms with E-state index in [1.807, 2.05) is 98.0 Å². The Morgan fingerprint density at radius 2 is 1.58 bits per heavy atom. The van der Waals surface area contributed by atoms with Crippen LogP contribution in [0.3, 0.4) is 0 Å². The smallest absolute Gasteiger partial charge is 0.411 e. The molecule has 11 nitrogen and oxygen atoms in total. The summed E-state index contributed by atoms with van der Waals surface area (Å²) >= 11 is 0. The molecular weight excluding hydrogens is 656 g/mol. The average Bonchev–Trinajstić information content (AvgIpc) is 3.93. The summed E-state index contributed by atoms with van der Waals surface area (Å²) in [4.78, 5) is 62.4. The quantitative estimate of drug-likeness (QED) is 0.268. The van der Waals surface area contributed by atoms with Gasteiger partial charge >= 0.3 is 6.09 Å². The van der Waals surface area contributed by atoms with Crippen LogP contribution in [0.1, 0.15) is 47.1 Å². The van der Waals surface area contributed by atoms with E-state index in [4.69, 9.17) is 4.74 Å². The molecule has 2 fully saturated rings. The first-order valence-corrected chi connectivity index (χ1v) is 17.8. The van der Waals surface area contributed by atoms with Gasteiger partial charge < -0.3 is 30.5 Å². The van der Waals surface area contributed by atoms with Gasteiger partial charge in [-0.3, -0.25) is 19.3 Å². The van der Waals surface area contributed by atoms with Crippen LogP contribution in [-0.4, -0.2) is 73.7 Å². The van der Waals surface area contributed by atoms with Gasteiger partial charge in [-0.25, -0.2) is 4.79 Å². The molecule has 0 spiro atoms. The molecule has 4 aromatic carbocycles. The number of carbonyl (C=O) groups excluding carboxylic acids is 4. The fraction of sp³-hybridized carbons (Fsp3) is 0.317. The lowest BCUT2D eigenvalue weighted by Crippen LogP contribution is -2.62. The topological polar surface area (TPSA) is 123 Å². The highest BCUT2D eigenvalue weighted by Gasteiger charge is 2.73. The molecule has 0 radical (unpaired) electrons. The minimum Gasteiger partial charge on any atom is -0.453 e. The Morgan fingerprint density at radius 3 is 2.35 bits per heavy atom. The zero-order valence-corrected chi connectivity index (χ0v) is 29.3. The third-order valence-electron chi connectivity index (χ3n) is 12.6. The van der Waals surface area contributed by atoms with Crippen molar-refractivity contribution in [2.75, 3.05) is 43.3 Å². The van der Waals surface area contributed by atoms with Crippen LogP contribution in [0, 0.1) is 0 Å². The van der Waals surface area contributed by atoms with Crippen LogP contribution in [0.4, 0.5) is 21.9 Å². The maximum absolute atomic E-state index is 15.4. The van der Waals surface area contributed by atoms with Gasteiger partial charge in [0, 0.05) is 57.1 Å². The summed E-state index contributed by atoms with van der Waals surface area (Å²) in [6.45, 7) is 0.779. The number of hydrogen-bond donors (Lipinski definition) is 3. The molecule has 0 saturated carbocycles. The molecule has 5 aliphatic rings. The minimum atomic E-state index is -1.46. The van der Waals surface area contributed by atoms with Crippen LogP contribution < -0.4 is 20.9 Å².